The fourth-order valence-corrected chi connectivity index (χ4v) is 6.05. The molecule has 1 aliphatic heterocycles. The number of halogens is 1. The van der Waals surface area contributed by atoms with Crippen LogP contribution >= 0.6 is 23.4 Å². The normalized spacial score (nSPS) is 14.3. The van der Waals surface area contributed by atoms with Crippen molar-refractivity contribution in [3.63, 3.8) is 0 Å². The molecule has 1 heterocycles. The molecular weight excluding hydrogens is 470 g/mol. The molecule has 0 atom stereocenters. The first kappa shape index (κ1) is 24.6. The summed E-state index contributed by atoms with van der Waals surface area (Å²) < 4.78 is 27.4. The number of rotatable bonds is 7. The van der Waals surface area contributed by atoms with Crippen LogP contribution in [0.2, 0.25) is 5.02 Å². The van der Waals surface area contributed by atoms with Gasteiger partial charge in [-0.2, -0.15) is 4.31 Å². The van der Waals surface area contributed by atoms with Crippen LogP contribution in [0, 0.1) is 6.92 Å². The lowest BCUT2D eigenvalue weighted by Crippen LogP contribution is -2.38. The van der Waals surface area contributed by atoms with Crippen molar-refractivity contribution in [2.24, 2.45) is 0 Å². The summed E-state index contributed by atoms with van der Waals surface area (Å²) in [5, 5.41) is 3.29. The standard InChI is InChI=1S/C22H26ClN3O4S2/c1-4-25(5-2)32(29,30)17-8-9-20-19(13-17)26(22(28)10-11-31-20)14-21(27)24-16-7-6-15(3)18(23)12-16/h6-9,12-13H,4-5,10-11,14H2,1-3H3,(H,24,27). The molecular formula is C22H26ClN3O4S2. The Kier molecular flexibility index (Phi) is 7.87. The molecule has 0 aromatic heterocycles. The lowest BCUT2D eigenvalue weighted by Gasteiger charge is -2.24. The minimum Gasteiger partial charge on any atom is -0.324 e. The molecule has 0 unspecified atom stereocenters. The molecule has 32 heavy (non-hydrogen) atoms. The summed E-state index contributed by atoms with van der Waals surface area (Å²) >= 11 is 7.60. The van der Waals surface area contributed by atoms with Gasteiger partial charge in [0, 0.05) is 40.9 Å². The van der Waals surface area contributed by atoms with Crippen LogP contribution < -0.4 is 10.2 Å². The van der Waals surface area contributed by atoms with Crippen molar-refractivity contribution in [2.75, 3.05) is 35.6 Å². The maximum atomic E-state index is 13.0. The Morgan fingerprint density at radius 1 is 1.19 bits per heavy atom. The van der Waals surface area contributed by atoms with Gasteiger partial charge < -0.3 is 10.2 Å². The number of carbonyl (C=O) groups is 2. The number of hydrogen-bond donors (Lipinski definition) is 1. The van der Waals surface area contributed by atoms with Crippen molar-refractivity contribution in [2.45, 2.75) is 37.0 Å². The Balaban J connectivity index is 1.92. The molecule has 0 aliphatic carbocycles. The molecule has 3 rings (SSSR count). The van der Waals surface area contributed by atoms with Gasteiger partial charge in [-0.1, -0.05) is 31.5 Å². The zero-order valence-corrected chi connectivity index (χ0v) is 20.6. The van der Waals surface area contributed by atoms with E-state index in [1.54, 1.807) is 44.2 Å². The van der Waals surface area contributed by atoms with E-state index >= 15 is 0 Å². The van der Waals surface area contributed by atoms with Crippen LogP contribution in [-0.2, 0) is 19.6 Å². The third kappa shape index (κ3) is 5.28. The average molecular weight is 496 g/mol. The Labute approximate surface area is 198 Å². The van der Waals surface area contributed by atoms with Gasteiger partial charge in [0.2, 0.25) is 21.8 Å². The van der Waals surface area contributed by atoms with Crippen molar-refractivity contribution >= 4 is 56.6 Å². The van der Waals surface area contributed by atoms with Crippen LogP contribution in [0.25, 0.3) is 0 Å². The number of nitrogens with zero attached hydrogens (tertiary/aromatic N) is 2. The molecule has 1 aliphatic rings. The van der Waals surface area contributed by atoms with Gasteiger partial charge in [-0.15, -0.1) is 11.8 Å². The monoisotopic (exact) mass is 495 g/mol. The molecule has 2 aromatic rings. The highest BCUT2D eigenvalue weighted by Crippen LogP contribution is 2.36. The first-order valence-corrected chi connectivity index (χ1v) is 13.1. The summed E-state index contributed by atoms with van der Waals surface area (Å²) in [4.78, 5) is 27.8. The van der Waals surface area contributed by atoms with E-state index in [9.17, 15) is 18.0 Å². The highest BCUT2D eigenvalue weighted by molar-refractivity contribution is 7.99. The third-order valence-corrected chi connectivity index (χ3v) is 8.71. The number of amides is 2. The second-order valence-corrected chi connectivity index (χ2v) is 10.8. The van der Waals surface area contributed by atoms with Crippen molar-refractivity contribution in [1.29, 1.82) is 0 Å². The fourth-order valence-electron chi connectivity index (χ4n) is 3.41. The van der Waals surface area contributed by atoms with E-state index in [-0.39, 0.29) is 23.8 Å². The smallest absolute Gasteiger partial charge is 0.244 e. The predicted octanol–water partition coefficient (Wildman–Crippen LogP) is 4.15. The number of nitrogens with one attached hydrogen (secondary N) is 1. The number of aryl methyl sites for hydroxylation is 1. The van der Waals surface area contributed by atoms with E-state index in [4.69, 9.17) is 11.6 Å². The van der Waals surface area contributed by atoms with Crippen LogP contribution in [0.4, 0.5) is 11.4 Å². The van der Waals surface area contributed by atoms with Crippen molar-refractivity contribution in [3.05, 3.63) is 47.0 Å². The topological polar surface area (TPSA) is 86.8 Å². The molecule has 0 fully saturated rings. The van der Waals surface area contributed by atoms with E-state index in [1.165, 1.54) is 27.0 Å². The number of benzene rings is 2. The number of sulfonamides is 1. The lowest BCUT2D eigenvalue weighted by atomic mass is 10.2. The quantitative estimate of drug-likeness (QED) is 0.623. The van der Waals surface area contributed by atoms with Crippen LogP contribution in [0.3, 0.4) is 0 Å². The van der Waals surface area contributed by atoms with Gasteiger partial charge in [0.15, 0.2) is 0 Å². The van der Waals surface area contributed by atoms with Gasteiger partial charge in [0.25, 0.3) is 0 Å². The molecule has 7 nitrogen and oxygen atoms in total. The number of thioether (sulfide) groups is 1. The molecule has 2 aromatic carbocycles. The number of anilines is 2. The Morgan fingerprint density at radius 3 is 2.56 bits per heavy atom. The maximum absolute atomic E-state index is 13.0. The van der Waals surface area contributed by atoms with Crippen LogP contribution in [0.1, 0.15) is 25.8 Å². The summed E-state index contributed by atoms with van der Waals surface area (Å²) in [5.74, 6) is -0.0708. The molecule has 10 heteroatoms. The molecule has 0 bridgehead atoms. The Hall–Kier alpha value is -2.07. The number of carbonyl (C=O) groups excluding carboxylic acids is 2. The van der Waals surface area contributed by atoms with E-state index in [1.807, 2.05) is 6.92 Å². The van der Waals surface area contributed by atoms with Crippen LogP contribution in [-0.4, -0.2) is 49.9 Å². The van der Waals surface area contributed by atoms with Gasteiger partial charge in [0.05, 0.1) is 10.6 Å². The lowest BCUT2D eigenvalue weighted by molar-refractivity contribution is -0.121. The first-order valence-electron chi connectivity index (χ1n) is 10.3. The summed E-state index contributed by atoms with van der Waals surface area (Å²) in [5.41, 5.74) is 1.85. The van der Waals surface area contributed by atoms with Gasteiger partial charge in [-0.05, 0) is 42.8 Å². The average Bonchev–Trinajstić information content (AvgIpc) is 2.90. The van der Waals surface area contributed by atoms with Gasteiger partial charge >= 0.3 is 0 Å². The zero-order valence-electron chi connectivity index (χ0n) is 18.2. The minimum atomic E-state index is -3.70. The number of fused-ring (bicyclic) bond motifs is 1. The maximum Gasteiger partial charge on any atom is 0.244 e. The van der Waals surface area contributed by atoms with Gasteiger partial charge in [-0.25, -0.2) is 8.42 Å². The summed E-state index contributed by atoms with van der Waals surface area (Å²) in [6.45, 7) is 5.87. The van der Waals surface area contributed by atoms with E-state index < -0.39 is 15.9 Å². The summed E-state index contributed by atoms with van der Waals surface area (Å²) in [6.07, 6.45) is 0.251. The van der Waals surface area contributed by atoms with Gasteiger partial charge in [-0.3, -0.25) is 9.59 Å². The molecule has 0 saturated heterocycles. The van der Waals surface area contributed by atoms with Crippen molar-refractivity contribution in [3.8, 4) is 0 Å². The number of hydrogen-bond acceptors (Lipinski definition) is 5. The van der Waals surface area contributed by atoms with Crippen molar-refractivity contribution in [1.82, 2.24) is 4.31 Å². The molecule has 1 N–H and O–H groups in total. The SMILES string of the molecule is CCN(CC)S(=O)(=O)c1ccc2c(c1)N(CC(=O)Nc1ccc(C)c(Cl)c1)C(=O)CCS2. The third-order valence-electron chi connectivity index (χ3n) is 5.20. The van der Waals surface area contributed by atoms with E-state index in [0.29, 0.717) is 35.2 Å². The van der Waals surface area contributed by atoms with Gasteiger partial charge in [0.1, 0.15) is 6.54 Å². The van der Waals surface area contributed by atoms with Crippen molar-refractivity contribution < 1.29 is 18.0 Å². The zero-order chi connectivity index (χ0) is 23.5. The fraction of sp³-hybridized carbons (Fsp3) is 0.364. The minimum absolute atomic E-state index is 0.103. The Bertz CT molecular complexity index is 1130. The molecule has 0 saturated carbocycles. The second-order valence-electron chi connectivity index (χ2n) is 7.31. The van der Waals surface area contributed by atoms with Crippen LogP contribution in [0.15, 0.2) is 46.2 Å². The molecule has 2 amide bonds. The van der Waals surface area contributed by atoms with Crippen LogP contribution in [0.5, 0.6) is 0 Å². The second kappa shape index (κ2) is 10.2. The Morgan fingerprint density at radius 2 is 1.91 bits per heavy atom. The molecule has 0 spiro atoms. The van der Waals surface area contributed by atoms with E-state index in [2.05, 4.69) is 5.32 Å². The largest absolute Gasteiger partial charge is 0.324 e. The molecule has 0 radical (unpaired) electrons. The summed E-state index contributed by atoms with van der Waals surface area (Å²) in [7, 11) is -3.70. The van der Waals surface area contributed by atoms with E-state index in [0.717, 1.165) is 10.5 Å². The first-order chi connectivity index (χ1) is 15.2. The molecule has 172 valence electrons. The highest BCUT2D eigenvalue weighted by atomic mass is 35.5. The summed E-state index contributed by atoms with van der Waals surface area (Å²) in [6, 6.07) is 9.95. The predicted molar refractivity (Wildman–Crippen MR) is 129 cm³/mol. The highest BCUT2D eigenvalue weighted by Gasteiger charge is 2.28.